The number of epoxide rings is 2. The maximum absolute atomic E-state index is 5.68. The standard InChI is InChI=1S/C28H30O4/c1-2-25(14-22-6-4-21(5-7-22)12-13-30-28-20-32-28)16-26(3-1)15-23-8-10-24(11-9-23)17-29-18-27-19-31-27/h1-11,16,27-28H,12-15,17-20H2. The van der Waals surface area contributed by atoms with Crippen LogP contribution in [0.2, 0.25) is 0 Å². The number of hydrogen-bond acceptors (Lipinski definition) is 4. The van der Waals surface area contributed by atoms with Crippen molar-refractivity contribution in [3.63, 3.8) is 0 Å². The fourth-order valence-electron chi connectivity index (χ4n) is 3.81. The van der Waals surface area contributed by atoms with Gasteiger partial charge in [-0.15, -0.1) is 0 Å². The first-order valence-electron chi connectivity index (χ1n) is 11.5. The molecule has 2 unspecified atom stereocenters. The molecule has 0 aromatic heterocycles. The van der Waals surface area contributed by atoms with E-state index in [1.165, 1.54) is 33.4 Å². The van der Waals surface area contributed by atoms with Crippen molar-refractivity contribution in [1.29, 1.82) is 0 Å². The minimum atomic E-state index is 0.0426. The summed E-state index contributed by atoms with van der Waals surface area (Å²) < 4.78 is 21.5. The Morgan fingerprint density at radius 2 is 1.28 bits per heavy atom. The summed E-state index contributed by atoms with van der Waals surface area (Å²) in [5.41, 5.74) is 7.85. The fraction of sp³-hybridized carbons (Fsp3) is 0.357. The fourth-order valence-corrected chi connectivity index (χ4v) is 3.81. The molecule has 5 rings (SSSR count). The molecule has 2 aliphatic rings. The Morgan fingerprint density at radius 3 is 1.88 bits per heavy atom. The lowest BCUT2D eigenvalue weighted by Crippen LogP contribution is -2.01. The monoisotopic (exact) mass is 430 g/mol. The summed E-state index contributed by atoms with van der Waals surface area (Å²) in [6.45, 7) is 3.65. The molecule has 2 aliphatic heterocycles. The van der Waals surface area contributed by atoms with Gasteiger partial charge in [0.05, 0.1) is 26.4 Å². The molecule has 0 radical (unpaired) electrons. The van der Waals surface area contributed by atoms with Gasteiger partial charge in [0.15, 0.2) is 6.29 Å². The van der Waals surface area contributed by atoms with E-state index in [2.05, 4.69) is 72.8 Å². The normalized spacial score (nSPS) is 19.1. The van der Waals surface area contributed by atoms with Gasteiger partial charge in [0.1, 0.15) is 12.7 Å². The van der Waals surface area contributed by atoms with Crippen LogP contribution >= 0.6 is 0 Å². The lowest BCUT2D eigenvalue weighted by atomic mass is 9.98. The smallest absolute Gasteiger partial charge is 0.181 e. The summed E-state index contributed by atoms with van der Waals surface area (Å²) in [5, 5.41) is 0. The van der Waals surface area contributed by atoms with Crippen LogP contribution in [0, 0.1) is 0 Å². The Balaban J connectivity index is 1.12. The van der Waals surface area contributed by atoms with Crippen LogP contribution in [-0.2, 0) is 44.8 Å². The highest BCUT2D eigenvalue weighted by molar-refractivity contribution is 5.34. The van der Waals surface area contributed by atoms with Gasteiger partial charge in [0.25, 0.3) is 0 Å². The van der Waals surface area contributed by atoms with Gasteiger partial charge in [-0.2, -0.15) is 0 Å². The summed E-state index contributed by atoms with van der Waals surface area (Å²) in [6.07, 6.45) is 3.17. The highest BCUT2D eigenvalue weighted by Gasteiger charge is 2.22. The van der Waals surface area contributed by atoms with Crippen molar-refractivity contribution in [3.8, 4) is 0 Å². The third kappa shape index (κ3) is 6.75. The van der Waals surface area contributed by atoms with E-state index >= 15 is 0 Å². The van der Waals surface area contributed by atoms with Gasteiger partial charge in [-0.05, 0) is 52.6 Å². The first-order chi connectivity index (χ1) is 15.8. The second-order valence-corrected chi connectivity index (χ2v) is 8.66. The summed E-state index contributed by atoms with van der Waals surface area (Å²) in [5.74, 6) is 0. The van der Waals surface area contributed by atoms with Crippen molar-refractivity contribution < 1.29 is 18.9 Å². The lowest BCUT2D eigenvalue weighted by molar-refractivity contribution is 0.0523. The Morgan fingerprint density at radius 1 is 0.688 bits per heavy atom. The molecule has 4 heteroatoms. The average molecular weight is 431 g/mol. The first-order valence-corrected chi connectivity index (χ1v) is 11.5. The van der Waals surface area contributed by atoms with Crippen molar-refractivity contribution in [2.45, 2.75) is 38.3 Å². The van der Waals surface area contributed by atoms with Crippen LogP contribution in [0.4, 0.5) is 0 Å². The van der Waals surface area contributed by atoms with E-state index in [4.69, 9.17) is 18.9 Å². The van der Waals surface area contributed by atoms with Gasteiger partial charge >= 0.3 is 0 Å². The number of hydrogen-bond donors (Lipinski definition) is 0. The molecule has 3 aromatic carbocycles. The molecule has 2 heterocycles. The number of benzene rings is 3. The van der Waals surface area contributed by atoms with Crippen molar-refractivity contribution in [2.75, 3.05) is 26.4 Å². The molecule has 3 aromatic rings. The Kier molecular flexibility index (Phi) is 6.95. The van der Waals surface area contributed by atoms with Crippen LogP contribution < -0.4 is 0 Å². The third-order valence-electron chi connectivity index (χ3n) is 5.83. The summed E-state index contributed by atoms with van der Waals surface area (Å²) in [6, 6.07) is 26.5. The van der Waals surface area contributed by atoms with Crippen molar-refractivity contribution in [2.24, 2.45) is 0 Å². The molecule has 4 nitrogen and oxygen atoms in total. The SMILES string of the molecule is c1cc(Cc2ccc(CCOC3CO3)cc2)cc(Cc2ccc(COCC3CO3)cc2)c1. The Hall–Kier alpha value is -2.50. The first kappa shape index (κ1) is 21.4. The highest BCUT2D eigenvalue weighted by atomic mass is 16.8. The lowest BCUT2D eigenvalue weighted by Gasteiger charge is -2.08. The van der Waals surface area contributed by atoms with Crippen LogP contribution in [0.1, 0.15) is 33.4 Å². The van der Waals surface area contributed by atoms with E-state index in [-0.39, 0.29) is 6.29 Å². The summed E-state index contributed by atoms with van der Waals surface area (Å²) in [7, 11) is 0. The van der Waals surface area contributed by atoms with Crippen molar-refractivity contribution in [1.82, 2.24) is 0 Å². The molecule has 0 amide bonds. The molecule has 0 bridgehead atoms. The molecule has 0 N–H and O–H groups in total. The van der Waals surface area contributed by atoms with E-state index in [1.807, 2.05) is 0 Å². The average Bonchev–Trinajstić information content (AvgIpc) is 3.73. The Bertz CT molecular complexity index is 910. The second kappa shape index (κ2) is 10.4. The largest absolute Gasteiger partial charge is 0.374 e. The number of ether oxygens (including phenoxy) is 4. The van der Waals surface area contributed by atoms with Gasteiger partial charge < -0.3 is 18.9 Å². The summed E-state index contributed by atoms with van der Waals surface area (Å²) >= 11 is 0. The maximum Gasteiger partial charge on any atom is 0.181 e. The molecule has 0 spiro atoms. The van der Waals surface area contributed by atoms with Crippen molar-refractivity contribution >= 4 is 0 Å². The molecular formula is C28H30O4. The van der Waals surface area contributed by atoms with E-state index in [9.17, 15) is 0 Å². The van der Waals surface area contributed by atoms with E-state index in [1.54, 1.807) is 0 Å². The molecule has 2 atom stereocenters. The van der Waals surface area contributed by atoms with Crippen LogP contribution in [-0.4, -0.2) is 38.8 Å². The van der Waals surface area contributed by atoms with Gasteiger partial charge in [-0.25, -0.2) is 0 Å². The second-order valence-electron chi connectivity index (χ2n) is 8.66. The van der Waals surface area contributed by atoms with E-state index < -0.39 is 0 Å². The zero-order chi connectivity index (χ0) is 21.6. The topological polar surface area (TPSA) is 43.5 Å². The molecule has 166 valence electrons. The van der Waals surface area contributed by atoms with Gasteiger partial charge in [0, 0.05) is 0 Å². The van der Waals surface area contributed by atoms with Crippen LogP contribution in [0.5, 0.6) is 0 Å². The highest BCUT2D eigenvalue weighted by Crippen LogP contribution is 2.17. The van der Waals surface area contributed by atoms with Gasteiger partial charge in [-0.3, -0.25) is 0 Å². The third-order valence-corrected chi connectivity index (χ3v) is 5.83. The van der Waals surface area contributed by atoms with Gasteiger partial charge in [-0.1, -0.05) is 72.8 Å². The zero-order valence-electron chi connectivity index (χ0n) is 18.4. The Labute approximate surface area is 190 Å². The molecular weight excluding hydrogens is 400 g/mol. The predicted octanol–water partition coefficient (Wildman–Crippen LogP) is 4.70. The van der Waals surface area contributed by atoms with Gasteiger partial charge in [0.2, 0.25) is 0 Å². The zero-order valence-corrected chi connectivity index (χ0v) is 18.4. The van der Waals surface area contributed by atoms with E-state index in [0.717, 1.165) is 39.1 Å². The molecule has 2 saturated heterocycles. The molecule has 32 heavy (non-hydrogen) atoms. The van der Waals surface area contributed by atoms with Crippen LogP contribution in [0.3, 0.4) is 0 Å². The molecule has 2 fully saturated rings. The quantitative estimate of drug-likeness (QED) is 0.391. The van der Waals surface area contributed by atoms with Crippen LogP contribution in [0.25, 0.3) is 0 Å². The number of rotatable bonds is 12. The van der Waals surface area contributed by atoms with Crippen LogP contribution in [0.15, 0.2) is 72.8 Å². The molecule has 0 saturated carbocycles. The minimum Gasteiger partial charge on any atom is -0.374 e. The van der Waals surface area contributed by atoms with Crippen molar-refractivity contribution in [3.05, 3.63) is 106 Å². The maximum atomic E-state index is 5.68. The summed E-state index contributed by atoms with van der Waals surface area (Å²) in [4.78, 5) is 0. The van der Waals surface area contributed by atoms with E-state index in [0.29, 0.717) is 19.3 Å². The minimum absolute atomic E-state index is 0.0426. The predicted molar refractivity (Wildman–Crippen MR) is 124 cm³/mol. The molecule has 0 aliphatic carbocycles.